The number of pyridine rings is 1. The lowest BCUT2D eigenvalue weighted by Crippen LogP contribution is -2.30. The van der Waals surface area contributed by atoms with Gasteiger partial charge in [0.2, 0.25) is 0 Å². The van der Waals surface area contributed by atoms with Crippen molar-refractivity contribution < 1.29 is 35.9 Å². The zero-order valence-electron chi connectivity index (χ0n) is 19.7. The highest BCUT2D eigenvalue weighted by molar-refractivity contribution is 5.95. The smallest absolute Gasteiger partial charge is 0.339 e. The number of rotatable bonds is 7. The molecule has 1 aromatic carbocycles. The maximum absolute atomic E-state index is 13.2. The highest BCUT2D eigenvalue weighted by Crippen LogP contribution is 2.36. The molecule has 2 aromatic heterocycles. The molecule has 0 aliphatic heterocycles. The van der Waals surface area contributed by atoms with Gasteiger partial charge in [0.05, 0.1) is 16.7 Å². The second-order valence-electron chi connectivity index (χ2n) is 8.56. The molecule has 1 N–H and O–H groups in total. The summed E-state index contributed by atoms with van der Waals surface area (Å²) in [6, 6.07) is 2.62. The highest BCUT2D eigenvalue weighted by Gasteiger charge is 2.38. The minimum absolute atomic E-state index is 0.0260. The van der Waals surface area contributed by atoms with Crippen LogP contribution < -0.4 is 5.32 Å². The maximum atomic E-state index is 13.2. The van der Waals surface area contributed by atoms with Crippen molar-refractivity contribution >= 4 is 11.8 Å². The lowest BCUT2D eigenvalue weighted by atomic mass is 10.0. The number of nitrogens with one attached hydrogen (secondary N) is 1. The maximum Gasteiger partial charge on any atom is 0.416 e. The molecule has 0 radical (unpaired) electrons. The summed E-state index contributed by atoms with van der Waals surface area (Å²) < 4.78 is 80.3. The fourth-order valence-electron chi connectivity index (χ4n) is 3.65. The van der Waals surface area contributed by atoms with Gasteiger partial charge in [-0.1, -0.05) is 6.08 Å². The monoisotopic (exact) mass is 538 g/mol. The first-order chi connectivity index (χ1) is 17.8. The third kappa shape index (κ3) is 5.68. The molecule has 38 heavy (non-hydrogen) atoms. The molecule has 1 aliphatic carbocycles. The second kappa shape index (κ2) is 9.91. The number of benzene rings is 1. The van der Waals surface area contributed by atoms with Crippen LogP contribution in [0.1, 0.15) is 56.6 Å². The molecule has 4 rings (SSSR count). The van der Waals surface area contributed by atoms with Crippen molar-refractivity contribution in [3.05, 3.63) is 83.6 Å². The first kappa shape index (κ1) is 26.8. The number of carbonyl (C=O) groups excluding carboxylic acids is 2. The summed E-state index contributed by atoms with van der Waals surface area (Å²) in [4.78, 5) is 35.1. The van der Waals surface area contributed by atoms with Gasteiger partial charge in [-0.2, -0.15) is 36.1 Å². The van der Waals surface area contributed by atoms with Crippen molar-refractivity contribution in [3.63, 3.8) is 0 Å². The van der Waals surface area contributed by atoms with E-state index in [0.29, 0.717) is 17.7 Å². The third-order valence-corrected chi connectivity index (χ3v) is 5.85. The zero-order valence-corrected chi connectivity index (χ0v) is 19.7. The van der Waals surface area contributed by atoms with E-state index in [0.717, 1.165) is 19.2 Å². The Hall–Kier alpha value is -4.23. The quantitative estimate of drug-likeness (QED) is 0.351. The number of amides is 2. The number of carbonyl (C=O) groups is 2. The first-order valence-corrected chi connectivity index (χ1v) is 11.2. The van der Waals surface area contributed by atoms with Crippen molar-refractivity contribution in [2.75, 3.05) is 7.05 Å². The van der Waals surface area contributed by atoms with Gasteiger partial charge in [-0.15, -0.1) is 6.58 Å². The van der Waals surface area contributed by atoms with Gasteiger partial charge in [-0.05, 0) is 43.2 Å². The van der Waals surface area contributed by atoms with E-state index in [-0.39, 0.29) is 29.7 Å². The normalized spacial score (nSPS) is 14.6. The van der Waals surface area contributed by atoms with E-state index in [1.165, 1.54) is 29.1 Å². The number of halogens is 6. The third-order valence-electron chi connectivity index (χ3n) is 5.85. The molecule has 8 nitrogen and oxygen atoms in total. The van der Waals surface area contributed by atoms with E-state index in [1.807, 2.05) is 0 Å². The molecule has 1 atom stereocenters. The van der Waals surface area contributed by atoms with E-state index in [9.17, 15) is 35.9 Å². The van der Waals surface area contributed by atoms with Crippen LogP contribution in [0.15, 0.2) is 55.5 Å². The molecule has 200 valence electrons. The van der Waals surface area contributed by atoms with Crippen LogP contribution in [0.5, 0.6) is 0 Å². The predicted molar refractivity (Wildman–Crippen MR) is 121 cm³/mol. The lowest BCUT2D eigenvalue weighted by molar-refractivity contribution is -0.143. The molecule has 2 heterocycles. The van der Waals surface area contributed by atoms with E-state index in [1.54, 1.807) is 11.9 Å². The van der Waals surface area contributed by atoms with Crippen LogP contribution in [-0.4, -0.2) is 49.6 Å². The molecule has 0 unspecified atom stereocenters. The van der Waals surface area contributed by atoms with Crippen molar-refractivity contribution in [3.8, 4) is 5.82 Å². The van der Waals surface area contributed by atoms with Gasteiger partial charge < -0.3 is 10.2 Å². The number of alkyl halides is 6. The number of hydrogen-bond acceptors (Lipinski definition) is 5. The summed E-state index contributed by atoms with van der Waals surface area (Å²) in [7, 11) is 1.70. The summed E-state index contributed by atoms with van der Waals surface area (Å²) in [5, 5.41) is 6.34. The van der Waals surface area contributed by atoms with E-state index in [4.69, 9.17) is 0 Å². The summed E-state index contributed by atoms with van der Waals surface area (Å²) in [5.74, 6) is -1.21. The SMILES string of the molecule is C=C[C@H](NC(=O)c1cc(C(F)(F)F)cc(C(F)(F)F)c1)c1ncnn1-c1ccc(C(=O)N(C)C2CC2)cn1. The predicted octanol–water partition coefficient (Wildman–Crippen LogP) is 4.59. The van der Waals surface area contributed by atoms with Gasteiger partial charge in [0.15, 0.2) is 11.6 Å². The Morgan fingerprint density at radius 1 is 1.05 bits per heavy atom. The zero-order chi connectivity index (χ0) is 27.8. The molecule has 1 saturated carbocycles. The molecular weight excluding hydrogens is 518 g/mol. The largest absolute Gasteiger partial charge is 0.416 e. The van der Waals surface area contributed by atoms with Crippen LogP contribution in [0.25, 0.3) is 5.82 Å². The Kier molecular flexibility index (Phi) is 7.00. The van der Waals surface area contributed by atoms with Gasteiger partial charge in [0.25, 0.3) is 11.8 Å². The lowest BCUT2D eigenvalue weighted by Gasteiger charge is -2.18. The topological polar surface area (TPSA) is 93.0 Å². The summed E-state index contributed by atoms with van der Waals surface area (Å²) >= 11 is 0. The minimum Gasteiger partial charge on any atom is -0.339 e. The highest BCUT2D eigenvalue weighted by atomic mass is 19.4. The van der Waals surface area contributed by atoms with Crippen LogP contribution in [0.2, 0.25) is 0 Å². The molecule has 1 aliphatic rings. The molecule has 1 fully saturated rings. The van der Waals surface area contributed by atoms with Gasteiger partial charge >= 0.3 is 12.4 Å². The van der Waals surface area contributed by atoms with Crippen LogP contribution in [0, 0.1) is 0 Å². The van der Waals surface area contributed by atoms with Crippen molar-refractivity contribution in [2.45, 2.75) is 37.3 Å². The fraction of sp³-hybridized carbons (Fsp3) is 0.292. The Balaban J connectivity index is 1.59. The van der Waals surface area contributed by atoms with E-state index < -0.39 is 41.0 Å². The van der Waals surface area contributed by atoms with Gasteiger partial charge in [0.1, 0.15) is 12.4 Å². The molecule has 0 spiro atoms. The Morgan fingerprint density at radius 3 is 2.18 bits per heavy atom. The average molecular weight is 538 g/mol. The summed E-state index contributed by atoms with van der Waals surface area (Å²) in [6.45, 7) is 3.56. The Labute approximate surface area is 212 Å². The van der Waals surface area contributed by atoms with Crippen molar-refractivity contribution in [1.29, 1.82) is 0 Å². The minimum atomic E-state index is -5.11. The molecular formula is C24H20F6N6O2. The molecule has 2 amide bonds. The van der Waals surface area contributed by atoms with Crippen molar-refractivity contribution in [2.24, 2.45) is 0 Å². The first-order valence-electron chi connectivity index (χ1n) is 11.2. The summed E-state index contributed by atoms with van der Waals surface area (Å²) in [6.07, 6.45) is -4.72. The summed E-state index contributed by atoms with van der Waals surface area (Å²) in [5.41, 5.74) is -3.77. The molecule has 14 heteroatoms. The van der Waals surface area contributed by atoms with Gasteiger partial charge in [-0.25, -0.2) is 9.97 Å². The average Bonchev–Trinajstić information content (AvgIpc) is 3.61. The number of aromatic nitrogens is 4. The molecule has 0 bridgehead atoms. The Morgan fingerprint density at radius 2 is 1.68 bits per heavy atom. The van der Waals surface area contributed by atoms with E-state index in [2.05, 4.69) is 27.0 Å². The van der Waals surface area contributed by atoms with Crippen LogP contribution in [0.4, 0.5) is 26.3 Å². The van der Waals surface area contributed by atoms with Crippen LogP contribution in [-0.2, 0) is 12.4 Å². The van der Waals surface area contributed by atoms with Crippen LogP contribution in [0.3, 0.4) is 0 Å². The number of nitrogens with zero attached hydrogens (tertiary/aromatic N) is 5. The van der Waals surface area contributed by atoms with Crippen LogP contribution >= 0.6 is 0 Å². The van der Waals surface area contributed by atoms with Crippen molar-refractivity contribution in [1.82, 2.24) is 30.0 Å². The van der Waals surface area contributed by atoms with E-state index >= 15 is 0 Å². The molecule has 3 aromatic rings. The van der Waals surface area contributed by atoms with Gasteiger partial charge in [-0.3, -0.25) is 9.59 Å². The fourth-order valence-corrected chi connectivity index (χ4v) is 3.65. The van der Waals surface area contributed by atoms with Gasteiger partial charge in [0, 0.05) is 24.8 Å². The molecule has 0 saturated heterocycles. The Bertz CT molecular complexity index is 1330. The number of hydrogen-bond donors (Lipinski definition) is 1. The second-order valence-corrected chi connectivity index (χ2v) is 8.56. The standard InChI is InChI=1S/C24H20F6N6O2/c1-3-18(34-21(37)14-8-15(23(25,26)27)10-16(9-14)24(28,29)30)20-32-12-33-36(20)19-7-4-13(11-31-19)22(38)35(2)17-5-6-17/h3-4,7-12,17-18H,1,5-6H2,2H3,(H,34,37)/t18-/m0/s1.